The van der Waals surface area contributed by atoms with Crippen molar-refractivity contribution in [1.82, 2.24) is 9.88 Å². The number of amides is 2. The average molecular weight is 404 g/mol. The van der Waals surface area contributed by atoms with E-state index in [0.29, 0.717) is 23.0 Å². The van der Waals surface area contributed by atoms with Crippen molar-refractivity contribution in [3.63, 3.8) is 0 Å². The first-order valence-corrected chi connectivity index (χ1v) is 9.98. The molecule has 132 valence electrons. The molecule has 1 aromatic carbocycles. The first-order valence-electron chi connectivity index (χ1n) is 7.91. The van der Waals surface area contributed by atoms with Crippen molar-refractivity contribution in [2.75, 3.05) is 0 Å². The van der Waals surface area contributed by atoms with E-state index >= 15 is 0 Å². The largest absolute Gasteiger partial charge is 0.368 e. The van der Waals surface area contributed by atoms with Gasteiger partial charge in [0.15, 0.2) is 0 Å². The quantitative estimate of drug-likeness (QED) is 0.726. The number of hydrogen-bond donors (Lipinski definition) is 1. The van der Waals surface area contributed by atoms with Crippen LogP contribution in [0.2, 0.25) is 4.34 Å². The molecule has 3 heterocycles. The maximum Gasteiger partial charge on any atom is 0.274 e. The highest BCUT2D eigenvalue weighted by molar-refractivity contribution is 7.23. The van der Waals surface area contributed by atoms with Crippen molar-refractivity contribution >= 4 is 46.1 Å². The second kappa shape index (κ2) is 6.83. The summed E-state index contributed by atoms with van der Waals surface area (Å²) in [5.74, 6) is -0.790. The molecule has 0 radical (unpaired) electrons. The molecule has 0 saturated carbocycles. The minimum atomic E-state index is -0.668. The number of thiophene rings is 1. The number of aromatic nitrogens is 1. The van der Waals surface area contributed by atoms with Crippen molar-refractivity contribution < 1.29 is 9.59 Å². The molecular formula is C18H14ClN3O2S2. The van der Waals surface area contributed by atoms with Crippen molar-refractivity contribution in [1.29, 1.82) is 0 Å². The van der Waals surface area contributed by atoms with E-state index in [0.717, 1.165) is 21.0 Å². The minimum absolute atomic E-state index is 0.284. The number of primary amides is 1. The summed E-state index contributed by atoms with van der Waals surface area (Å²) >= 11 is 8.76. The number of rotatable bonds is 3. The Morgan fingerprint density at radius 2 is 1.96 bits per heavy atom. The summed E-state index contributed by atoms with van der Waals surface area (Å²) in [5, 5.41) is 2.45. The SMILES string of the molecule is NC(=O)[C@@H]1Cc2ccccc2CN1C(=O)c1csc(-c2ccc(Cl)s2)n1. The molecule has 1 atom stereocenters. The van der Waals surface area contributed by atoms with Crippen molar-refractivity contribution in [3.05, 3.63) is 62.9 Å². The van der Waals surface area contributed by atoms with Gasteiger partial charge in [0, 0.05) is 18.3 Å². The summed E-state index contributed by atoms with van der Waals surface area (Å²) in [6.07, 6.45) is 0.425. The van der Waals surface area contributed by atoms with Gasteiger partial charge in [-0.2, -0.15) is 0 Å². The highest BCUT2D eigenvalue weighted by Gasteiger charge is 2.34. The molecule has 0 fully saturated rings. The Bertz CT molecular complexity index is 998. The highest BCUT2D eigenvalue weighted by atomic mass is 35.5. The number of halogens is 1. The van der Waals surface area contributed by atoms with Crippen LogP contribution in [0.1, 0.15) is 21.6 Å². The average Bonchev–Trinajstić information content (AvgIpc) is 3.29. The van der Waals surface area contributed by atoms with E-state index in [1.807, 2.05) is 30.3 Å². The first-order chi connectivity index (χ1) is 12.5. The standard InChI is InChI=1S/C18H14ClN3O2S2/c19-15-6-5-14(26-15)17-21-12(9-25-17)18(24)22-8-11-4-2-1-3-10(11)7-13(22)16(20)23/h1-6,9,13H,7-8H2,(H2,20,23)/t13-/m0/s1. The summed E-state index contributed by atoms with van der Waals surface area (Å²) in [4.78, 5) is 31.8. The van der Waals surface area contributed by atoms with Crippen molar-refractivity contribution in [2.45, 2.75) is 19.0 Å². The molecule has 5 nitrogen and oxygen atoms in total. The lowest BCUT2D eigenvalue weighted by atomic mass is 9.93. The Morgan fingerprint density at radius 3 is 2.65 bits per heavy atom. The summed E-state index contributed by atoms with van der Waals surface area (Å²) in [7, 11) is 0. The molecular weight excluding hydrogens is 390 g/mol. The summed E-state index contributed by atoms with van der Waals surface area (Å²) in [5.41, 5.74) is 7.96. The molecule has 8 heteroatoms. The van der Waals surface area contributed by atoms with Gasteiger partial charge in [0.25, 0.3) is 5.91 Å². The molecule has 0 saturated heterocycles. The Morgan fingerprint density at radius 1 is 1.19 bits per heavy atom. The van der Waals surface area contributed by atoms with Gasteiger partial charge in [-0.05, 0) is 23.3 Å². The fourth-order valence-corrected chi connectivity index (χ4v) is 4.96. The lowest BCUT2D eigenvalue weighted by Crippen LogP contribution is -2.51. The number of thiazole rings is 1. The molecule has 2 N–H and O–H groups in total. The number of benzene rings is 1. The van der Waals surface area contributed by atoms with E-state index in [4.69, 9.17) is 17.3 Å². The van der Waals surface area contributed by atoms with Crippen LogP contribution in [0.4, 0.5) is 0 Å². The zero-order valence-electron chi connectivity index (χ0n) is 13.5. The third-order valence-electron chi connectivity index (χ3n) is 4.35. The van der Waals surface area contributed by atoms with Crippen LogP contribution >= 0.6 is 34.3 Å². The van der Waals surface area contributed by atoms with Crippen LogP contribution in [0.15, 0.2) is 41.8 Å². The third kappa shape index (κ3) is 3.13. The fraction of sp³-hybridized carbons (Fsp3) is 0.167. The molecule has 1 aliphatic rings. The maximum absolute atomic E-state index is 13.0. The van der Waals surface area contributed by atoms with Gasteiger partial charge >= 0.3 is 0 Å². The van der Waals surface area contributed by atoms with Crippen LogP contribution in [0.3, 0.4) is 0 Å². The third-order valence-corrected chi connectivity index (χ3v) is 6.59. The normalized spacial score (nSPS) is 16.3. The Kier molecular flexibility index (Phi) is 4.52. The van der Waals surface area contributed by atoms with Gasteiger partial charge in [0.05, 0.1) is 9.21 Å². The second-order valence-electron chi connectivity index (χ2n) is 5.97. The number of fused-ring (bicyclic) bond motifs is 1. The molecule has 4 rings (SSSR count). The number of nitrogens with zero attached hydrogens (tertiary/aromatic N) is 2. The fourth-order valence-electron chi connectivity index (χ4n) is 3.05. The summed E-state index contributed by atoms with van der Waals surface area (Å²) in [6, 6.07) is 10.8. The van der Waals surface area contributed by atoms with Crippen molar-refractivity contribution in [3.8, 4) is 9.88 Å². The van der Waals surface area contributed by atoms with E-state index in [1.165, 1.54) is 27.6 Å². The molecule has 1 aliphatic heterocycles. The first kappa shape index (κ1) is 17.2. The topological polar surface area (TPSA) is 76.3 Å². The van der Waals surface area contributed by atoms with E-state index in [2.05, 4.69) is 4.98 Å². The van der Waals surface area contributed by atoms with Gasteiger partial charge in [-0.1, -0.05) is 35.9 Å². The molecule has 2 amide bonds. The van der Waals surface area contributed by atoms with E-state index in [9.17, 15) is 9.59 Å². The lowest BCUT2D eigenvalue weighted by Gasteiger charge is -2.34. The number of carbonyl (C=O) groups excluding carboxylic acids is 2. The molecule has 26 heavy (non-hydrogen) atoms. The predicted octanol–water partition coefficient (Wildman–Crippen LogP) is 3.58. The molecule has 0 bridgehead atoms. The van der Waals surface area contributed by atoms with Crippen LogP contribution in [0.25, 0.3) is 9.88 Å². The predicted molar refractivity (Wildman–Crippen MR) is 103 cm³/mol. The molecule has 2 aromatic heterocycles. The Hall–Kier alpha value is -2.22. The van der Waals surface area contributed by atoms with Gasteiger partial charge in [0.2, 0.25) is 5.91 Å². The van der Waals surface area contributed by atoms with Gasteiger partial charge in [-0.25, -0.2) is 4.98 Å². The van der Waals surface area contributed by atoms with Crippen LogP contribution in [0, 0.1) is 0 Å². The van der Waals surface area contributed by atoms with Gasteiger partial charge in [-0.15, -0.1) is 22.7 Å². The van der Waals surface area contributed by atoms with E-state index in [1.54, 1.807) is 11.4 Å². The molecule has 0 spiro atoms. The monoisotopic (exact) mass is 403 g/mol. The number of carbonyl (C=O) groups is 2. The molecule has 0 aliphatic carbocycles. The van der Waals surface area contributed by atoms with Crippen LogP contribution in [0.5, 0.6) is 0 Å². The minimum Gasteiger partial charge on any atom is -0.368 e. The summed E-state index contributed by atoms with van der Waals surface area (Å²) < 4.78 is 0.671. The Labute approximate surface area is 163 Å². The zero-order valence-corrected chi connectivity index (χ0v) is 15.9. The maximum atomic E-state index is 13.0. The lowest BCUT2D eigenvalue weighted by molar-refractivity contribution is -0.122. The van der Waals surface area contributed by atoms with Crippen LogP contribution < -0.4 is 5.73 Å². The second-order valence-corrected chi connectivity index (χ2v) is 8.54. The highest BCUT2D eigenvalue weighted by Crippen LogP contribution is 2.33. The van der Waals surface area contributed by atoms with Crippen LogP contribution in [-0.4, -0.2) is 27.7 Å². The van der Waals surface area contributed by atoms with Crippen molar-refractivity contribution in [2.24, 2.45) is 5.73 Å². The number of nitrogens with two attached hydrogens (primary N) is 1. The van der Waals surface area contributed by atoms with Gasteiger partial charge in [0.1, 0.15) is 16.7 Å². The number of hydrogen-bond acceptors (Lipinski definition) is 5. The Balaban J connectivity index is 1.64. The van der Waals surface area contributed by atoms with Gasteiger partial charge in [-0.3, -0.25) is 9.59 Å². The van der Waals surface area contributed by atoms with Gasteiger partial charge < -0.3 is 10.6 Å². The summed E-state index contributed by atoms with van der Waals surface area (Å²) in [6.45, 7) is 0.348. The zero-order chi connectivity index (χ0) is 18.3. The van der Waals surface area contributed by atoms with Crippen LogP contribution in [-0.2, 0) is 17.8 Å². The van der Waals surface area contributed by atoms with E-state index < -0.39 is 11.9 Å². The van der Waals surface area contributed by atoms with E-state index in [-0.39, 0.29) is 5.91 Å². The smallest absolute Gasteiger partial charge is 0.274 e. The molecule has 0 unspecified atom stereocenters. The molecule has 3 aromatic rings.